The standard InChI is InChI=1S/C12H18N2O3S/c1-2-3-4-6-13-9-10(15)14-8(12(16)17)5-7-18-11(9)14/h5,9,11,13H,2-4,6-7H2,1H3,(H,16,17)/t9?,11-/m0/s1. The second-order valence-corrected chi connectivity index (χ2v) is 5.62. The third-order valence-corrected chi connectivity index (χ3v) is 4.39. The van der Waals surface area contributed by atoms with Gasteiger partial charge in [-0.15, -0.1) is 11.8 Å². The molecule has 1 fully saturated rings. The number of amides is 1. The lowest BCUT2D eigenvalue weighted by Crippen LogP contribution is -2.69. The summed E-state index contributed by atoms with van der Waals surface area (Å²) in [6.07, 6.45) is 4.96. The first-order valence-corrected chi connectivity index (χ1v) is 7.33. The lowest BCUT2D eigenvalue weighted by molar-refractivity contribution is -0.149. The van der Waals surface area contributed by atoms with E-state index in [0.29, 0.717) is 5.75 Å². The van der Waals surface area contributed by atoms with Crippen LogP contribution in [0.3, 0.4) is 0 Å². The van der Waals surface area contributed by atoms with E-state index in [-0.39, 0.29) is 23.0 Å². The summed E-state index contributed by atoms with van der Waals surface area (Å²) in [6.45, 7) is 2.96. The van der Waals surface area contributed by atoms with E-state index in [0.717, 1.165) is 25.8 Å². The van der Waals surface area contributed by atoms with Gasteiger partial charge in [-0.05, 0) is 19.0 Å². The largest absolute Gasteiger partial charge is 0.477 e. The minimum Gasteiger partial charge on any atom is -0.477 e. The predicted octanol–water partition coefficient (Wildman–Crippen LogP) is 1.02. The number of thioether (sulfide) groups is 1. The molecule has 2 rings (SSSR count). The number of rotatable bonds is 6. The van der Waals surface area contributed by atoms with Gasteiger partial charge in [0.1, 0.15) is 17.1 Å². The Kier molecular flexibility index (Phi) is 4.29. The van der Waals surface area contributed by atoms with Gasteiger partial charge in [0, 0.05) is 5.75 Å². The normalized spacial score (nSPS) is 26.4. The van der Waals surface area contributed by atoms with Crippen LogP contribution in [0, 0.1) is 0 Å². The second-order valence-electron chi connectivity index (χ2n) is 4.47. The van der Waals surface area contributed by atoms with Gasteiger partial charge in [0.25, 0.3) is 0 Å². The summed E-state index contributed by atoms with van der Waals surface area (Å²) in [4.78, 5) is 24.3. The molecule has 0 bridgehead atoms. The molecule has 18 heavy (non-hydrogen) atoms. The van der Waals surface area contributed by atoms with Crippen LogP contribution in [0.5, 0.6) is 0 Å². The van der Waals surface area contributed by atoms with Crippen molar-refractivity contribution < 1.29 is 14.7 Å². The van der Waals surface area contributed by atoms with Crippen LogP contribution < -0.4 is 5.32 Å². The lowest BCUT2D eigenvalue weighted by atomic mass is 10.0. The van der Waals surface area contributed by atoms with Gasteiger partial charge < -0.3 is 10.4 Å². The molecule has 5 nitrogen and oxygen atoms in total. The average Bonchev–Trinajstić information content (AvgIpc) is 2.37. The van der Waals surface area contributed by atoms with Crippen molar-refractivity contribution in [2.24, 2.45) is 0 Å². The molecular weight excluding hydrogens is 252 g/mol. The molecule has 0 saturated carbocycles. The molecule has 2 aliphatic heterocycles. The van der Waals surface area contributed by atoms with Gasteiger partial charge in [-0.3, -0.25) is 9.69 Å². The Morgan fingerprint density at radius 3 is 3.06 bits per heavy atom. The number of fused-ring (bicyclic) bond motifs is 1. The summed E-state index contributed by atoms with van der Waals surface area (Å²) in [5.74, 6) is -0.473. The van der Waals surface area contributed by atoms with E-state index in [1.165, 1.54) is 4.90 Å². The fourth-order valence-corrected chi connectivity index (χ4v) is 3.45. The van der Waals surface area contributed by atoms with Crippen molar-refractivity contribution in [2.75, 3.05) is 12.3 Å². The minimum atomic E-state index is -1.02. The number of unbranched alkanes of at least 4 members (excludes halogenated alkanes) is 2. The van der Waals surface area contributed by atoms with E-state index in [1.807, 2.05) is 0 Å². The molecule has 1 saturated heterocycles. The SMILES string of the molecule is CCCCCNC1C(=O)N2C(C(=O)O)=CCS[C@@H]12. The summed E-state index contributed by atoms with van der Waals surface area (Å²) < 4.78 is 0. The Morgan fingerprint density at radius 2 is 2.39 bits per heavy atom. The van der Waals surface area contributed by atoms with E-state index in [4.69, 9.17) is 5.11 Å². The quantitative estimate of drug-likeness (QED) is 0.557. The summed E-state index contributed by atoms with van der Waals surface area (Å²) in [5, 5.41) is 12.2. The smallest absolute Gasteiger partial charge is 0.352 e. The highest BCUT2D eigenvalue weighted by atomic mass is 32.2. The van der Waals surface area contributed by atoms with Crippen LogP contribution in [0.2, 0.25) is 0 Å². The van der Waals surface area contributed by atoms with Gasteiger partial charge in [0.05, 0.1) is 0 Å². The Bertz CT molecular complexity index is 384. The van der Waals surface area contributed by atoms with Crippen molar-refractivity contribution in [3.63, 3.8) is 0 Å². The van der Waals surface area contributed by atoms with Crippen molar-refractivity contribution in [2.45, 2.75) is 37.6 Å². The van der Waals surface area contributed by atoms with E-state index in [9.17, 15) is 9.59 Å². The van der Waals surface area contributed by atoms with E-state index >= 15 is 0 Å². The van der Waals surface area contributed by atoms with E-state index in [2.05, 4.69) is 12.2 Å². The molecule has 0 aromatic heterocycles. The highest BCUT2D eigenvalue weighted by Gasteiger charge is 2.51. The number of hydrogen-bond donors (Lipinski definition) is 2. The summed E-state index contributed by atoms with van der Waals surface area (Å²) >= 11 is 1.61. The maximum absolute atomic E-state index is 11.9. The van der Waals surface area contributed by atoms with Gasteiger partial charge in [-0.25, -0.2) is 4.79 Å². The Balaban J connectivity index is 1.90. The highest BCUT2D eigenvalue weighted by molar-refractivity contribution is 8.00. The van der Waals surface area contributed by atoms with E-state index in [1.54, 1.807) is 17.8 Å². The molecule has 0 radical (unpaired) electrons. The zero-order chi connectivity index (χ0) is 13.1. The zero-order valence-corrected chi connectivity index (χ0v) is 11.2. The van der Waals surface area contributed by atoms with Crippen molar-refractivity contribution in [3.05, 3.63) is 11.8 Å². The number of carbonyl (C=O) groups excluding carboxylic acids is 1. The fourth-order valence-electron chi connectivity index (χ4n) is 2.23. The van der Waals surface area contributed by atoms with E-state index < -0.39 is 5.97 Å². The topological polar surface area (TPSA) is 69.6 Å². The lowest BCUT2D eigenvalue weighted by Gasteiger charge is -2.48. The number of hydrogen-bond acceptors (Lipinski definition) is 4. The minimum absolute atomic E-state index is 0.0461. The molecule has 0 aromatic rings. The van der Waals surface area contributed by atoms with Crippen LogP contribution in [-0.4, -0.2) is 45.6 Å². The molecule has 0 spiro atoms. The molecule has 2 N–H and O–H groups in total. The molecule has 2 heterocycles. The number of nitrogens with one attached hydrogen (secondary N) is 1. The number of carbonyl (C=O) groups is 2. The molecule has 1 amide bonds. The molecule has 6 heteroatoms. The summed E-state index contributed by atoms with van der Waals surface area (Å²) in [5.41, 5.74) is 0.135. The van der Waals surface area contributed by atoms with Gasteiger partial charge >= 0.3 is 5.97 Å². The molecule has 2 aliphatic rings. The first-order valence-electron chi connectivity index (χ1n) is 6.28. The number of nitrogens with zero attached hydrogens (tertiary/aromatic N) is 1. The maximum atomic E-state index is 11.9. The van der Waals surface area contributed by atoms with Crippen LogP contribution in [-0.2, 0) is 9.59 Å². The van der Waals surface area contributed by atoms with Crippen molar-refractivity contribution in [3.8, 4) is 0 Å². The molecule has 100 valence electrons. The van der Waals surface area contributed by atoms with Crippen LogP contribution in [0.25, 0.3) is 0 Å². The van der Waals surface area contributed by atoms with Gasteiger partial charge in [-0.2, -0.15) is 0 Å². The second kappa shape index (κ2) is 5.75. The molecule has 1 unspecified atom stereocenters. The molecule has 0 aliphatic carbocycles. The summed E-state index contributed by atoms with van der Waals surface area (Å²) in [7, 11) is 0. The predicted molar refractivity (Wildman–Crippen MR) is 70.1 cm³/mol. The summed E-state index contributed by atoms with van der Waals surface area (Å²) in [6, 6.07) is -0.213. The number of β-lactam (4-membered cyclic amide) rings is 1. The van der Waals surface area contributed by atoms with Crippen LogP contribution in [0.1, 0.15) is 26.2 Å². The van der Waals surface area contributed by atoms with Crippen molar-refractivity contribution in [1.82, 2.24) is 10.2 Å². The van der Waals surface area contributed by atoms with Gasteiger partial charge in [-0.1, -0.05) is 19.8 Å². The Labute approximate surface area is 111 Å². The fraction of sp³-hybridized carbons (Fsp3) is 0.667. The third-order valence-electron chi connectivity index (χ3n) is 3.21. The Hall–Kier alpha value is -1.01. The number of carboxylic acids is 1. The molecular formula is C12H18N2O3S. The van der Waals surface area contributed by atoms with Crippen LogP contribution in [0.15, 0.2) is 11.8 Å². The molecule has 2 atom stereocenters. The maximum Gasteiger partial charge on any atom is 0.352 e. The molecule has 0 aromatic carbocycles. The van der Waals surface area contributed by atoms with Crippen LogP contribution in [0.4, 0.5) is 0 Å². The van der Waals surface area contributed by atoms with Crippen LogP contribution >= 0.6 is 11.8 Å². The van der Waals surface area contributed by atoms with Crippen molar-refractivity contribution in [1.29, 1.82) is 0 Å². The first kappa shape index (κ1) is 13.4. The first-order chi connectivity index (χ1) is 8.66. The number of aliphatic carboxylic acids is 1. The third kappa shape index (κ3) is 2.40. The number of carboxylic acid groups (broad SMARTS) is 1. The zero-order valence-electron chi connectivity index (χ0n) is 10.4. The average molecular weight is 270 g/mol. The highest BCUT2D eigenvalue weighted by Crippen LogP contribution is 2.37. The van der Waals surface area contributed by atoms with Gasteiger partial charge in [0.15, 0.2) is 0 Å². The van der Waals surface area contributed by atoms with Gasteiger partial charge in [0.2, 0.25) is 5.91 Å². The Morgan fingerprint density at radius 1 is 1.61 bits per heavy atom. The monoisotopic (exact) mass is 270 g/mol. The van der Waals surface area contributed by atoms with Crippen molar-refractivity contribution >= 4 is 23.6 Å².